The van der Waals surface area contributed by atoms with E-state index in [4.69, 9.17) is 9.84 Å². The Hall–Kier alpha value is -4.55. The van der Waals surface area contributed by atoms with Gasteiger partial charge in [-0.1, -0.05) is 42.5 Å². The summed E-state index contributed by atoms with van der Waals surface area (Å²) in [6, 6.07) is 16.4. The number of halogens is 6. The van der Waals surface area contributed by atoms with Gasteiger partial charge in [-0.3, -0.25) is 14.8 Å². The summed E-state index contributed by atoms with van der Waals surface area (Å²) in [5.41, 5.74) is -0.905. The van der Waals surface area contributed by atoms with Crippen LogP contribution in [0.4, 0.5) is 26.3 Å². The zero-order chi connectivity index (χ0) is 33.8. The highest BCUT2D eigenvalue weighted by atomic mass is 19.4. The number of carbonyl (C=O) groups excluding carboxylic acids is 1. The monoisotopic (exact) mass is 646 g/mol. The molecule has 0 aliphatic heterocycles. The van der Waals surface area contributed by atoms with Gasteiger partial charge < -0.3 is 14.9 Å². The van der Waals surface area contributed by atoms with Crippen LogP contribution >= 0.6 is 0 Å². The Labute approximate surface area is 262 Å². The molecular formula is C34H32F6N2O4. The van der Waals surface area contributed by atoms with Crippen molar-refractivity contribution in [3.8, 4) is 0 Å². The van der Waals surface area contributed by atoms with E-state index in [0.29, 0.717) is 28.7 Å². The van der Waals surface area contributed by atoms with E-state index in [1.807, 2.05) is 0 Å². The van der Waals surface area contributed by atoms with Crippen LogP contribution < -0.4 is 0 Å². The van der Waals surface area contributed by atoms with Gasteiger partial charge in [0.1, 0.15) is 5.60 Å². The van der Waals surface area contributed by atoms with Gasteiger partial charge in [0, 0.05) is 55.9 Å². The lowest BCUT2D eigenvalue weighted by Gasteiger charge is -2.29. The van der Waals surface area contributed by atoms with Crippen LogP contribution in [-0.4, -0.2) is 39.4 Å². The van der Waals surface area contributed by atoms with Gasteiger partial charge in [-0.05, 0) is 65.9 Å². The molecule has 0 aliphatic rings. The maximum Gasteiger partial charge on any atom is 0.416 e. The summed E-state index contributed by atoms with van der Waals surface area (Å²) < 4.78 is 82.3. The third-order valence-corrected chi connectivity index (χ3v) is 6.75. The lowest BCUT2D eigenvalue weighted by Crippen LogP contribution is -2.28. The van der Waals surface area contributed by atoms with E-state index in [1.54, 1.807) is 48.8 Å². The van der Waals surface area contributed by atoms with Gasteiger partial charge >= 0.3 is 18.3 Å². The van der Waals surface area contributed by atoms with Crippen molar-refractivity contribution in [3.63, 3.8) is 0 Å². The van der Waals surface area contributed by atoms with Crippen LogP contribution in [0.1, 0.15) is 59.6 Å². The SMILES string of the molecule is CC(=O)OCCC=C(c1cccnc1)c1cccc(C(F)(F)F)c1.OCCCC(O)(c1cccnc1)c1cccc(C(F)(F)F)c1. The number of esters is 1. The van der Waals surface area contributed by atoms with Gasteiger partial charge in [-0.2, -0.15) is 26.3 Å². The average Bonchev–Trinajstić information content (AvgIpc) is 3.04. The van der Waals surface area contributed by atoms with Crippen molar-refractivity contribution in [1.82, 2.24) is 9.97 Å². The maximum atomic E-state index is 12.9. The van der Waals surface area contributed by atoms with Crippen LogP contribution in [0.2, 0.25) is 0 Å². The molecule has 0 bridgehead atoms. The summed E-state index contributed by atoms with van der Waals surface area (Å²) in [4.78, 5) is 18.7. The number of ether oxygens (including phenoxy) is 1. The smallest absolute Gasteiger partial charge is 0.416 e. The summed E-state index contributed by atoms with van der Waals surface area (Å²) in [6.07, 6.45) is -0.311. The predicted molar refractivity (Wildman–Crippen MR) is 159 cm³/mol. The Bertz CT molecular complexity index is 1580. The fourth-order valence-corrected chi connectivity index (χ4v) is 4.54. The fourth-order valence-electron chi connectivity index (χ4n) is 4.54. The maximum absolute atomic E-state index is 12.9. The summed E-state index contributed by atoms with van der Waals surface area (Å²) in [7, 11) is 0. The van der Waals surface area contributed by atoms with Crippen LogP contribution in [0, 0.1) is 0 Å². The van der Waals surface area contributed by atoms with E-state index in [1.165, 1.54) is 37.5 Å². The standard InChI is InChI=1S/C18H16F3NO2.C16H16F3NO2/c1-13(23)24-10-4-8-17(15-6-3-9-22-12-15)14-5-2-7-16(11-14)18(19,20)21;17-16(18,19)13-5-1-4-12(10-13)15(22,7-3-9-21)14-6-2-8-20-11-14/h2-3,5-9,11-12H,4,10H2,1H3;1-2,4-6,8,10-11,21-22H,3,7,9H2. The topological polar surface area (TPSA) is 92.5 Å². The molecule has 0 saturated carbocycles. The Balaban J connectivity index is 0.000000251. The number of benzene rings is 2. The Kier molecular flexibility index (Phi) is 12.6. The minimum atomic E-state index is -4.48. The van der Waals surface area contributed by atoms with E-state index in [0.717, 1.165) is 24.3 Å². The molecule has 6 nitrogen and oxygen atoms in total. The predicted octanol–water partition coefficient (Wildman–Crippen LogP) is 7.59. The molecule has 12 heteroatoms. The largest absolute Gasteiger partial charge is 0.466 e. The molecule has 46 heavy (non-hydrogen) atoms. The second-order valence-corrected chi connectivity index (χ2v) is 10.1. The Morgan fingerprint density at radius 1 is 0.783 bits per heavy atom. The molecule has 4 rings (SSSR count). The number of carbonyl (C=O) groups is 1. The van der Waals surface area contributed by atoms with Crippen molar-refractivity contribution in [2.45, 2.75) is 44.1 Å². The van der Waals surface area contributed by atoms with Crippen LogP contribution in [0.3, 0.4) is 0 Å². The van der Waals surface area contributed by atoms with Gasteiger partial charge in [0.25, 0.3) is 0 Å². The molecule has 0 fully saturated rings. The van der Waals surface area contributed by atoms with E-state index in [2.05, 4.69) is 9.97 Å². The first kappa shape index (κ1) is 35.9. The second kappa shape index (κ2) is 16.1. The van der Waals surface area contributed by atoms with E-state index in [9.17, 15) is 36.2 Å². The highest BCUT2D eigenvalue weighted by molar-refractivity contribution is 5.79. The van der Waals surface area contributed by atoms with Crippen molar-refractivity contribution in [2.24, 2.45) is 0 Å². The summed E-state index contributed by atoms with van der Waals surface area (Å²) in [5, 5.41) is 20.0. The van der Waals surface area contributed by atoms with Crippen molar-refractivity contribution in [1.29, 1.82) is 0 Å². The van der Waals surface area contributed by atoms with E-state index >= 15 is 0 Å². The molecule has 0 amide bonds. The van der Waals surface area contributed by atoms with Gasteiger partial charge in [0.05, 0.1) is 17.7 Å². The molecule has 1 unspecified atom stereocenters. The minimum absolute atomic E-state index is 0.0938. The molecule has 2 aromatic carbocycles. The quantitative estimate of drug-likeness (QED) is 0.105. The van der Waals surface area contributed by atoms with Crippen LogP contribution in [0.25, 0.3) is 5.57 Å². The van der Waals surface area contributed by atoms with Gasteiger partial charge in [0.15, 0.2) is 0 Å². The molecule has 2 heterocycles. The number of pyridine rings is 2. The molecule has 2 N–H and O–H groups in total. The fraction of sp³-hybridized carbons (Fsp3) is 0.265. The van der Waals surface area contributed by atoms with Gasteiger partial charge in [-0.25, -0.2) is 0 Å². The summed E-state index contributed by atoms with van der Waals surface area (Å²) in [6.45, 7) is 1.30. The highest BCUT2D eigenvalue weighted by Crippen LogP contribution is 2.37. The molecule has 0 spiro atoms. The number of rotatable bonds is 10. The number of aromatic nitrogens is 2. The van der Waals surface area contributed by atoms with Crippen molar-refractivity contribution in [2.75, 3.05) is 13.2 Å². The Morgan fingerprint density at radius 3 is 1.91 bits per heavy atom. The Morgan fingerprint density at radius 2 is 1.35 bits per heavy atom. The van der Waals surface area contributed by atoms with Crippen molar-refractivity contribution >= 4 is 11.5 Å². The third kappa shape index (κ3) is 10.2. The first-order chi connectivity index (χ1) is 21.8. The number of aliphatic hydroxyl groups excluding tert-OH is 1. The zero-order valence-electron chi connectivity index (χ0n) is 24.7. The minimum Gasteiger partial charge on any atom is -0.466 e. The molecule has 0 aliphatic carbocycles. The van der Waals surface area contributed by atoms with E-state index in [-0.39, 0.29) is 31.6 Å². The van der Waals surface area contributed by atoms with Gasteiger partial charge in [0.2, 0.25) is 0 Å². The number of aliphatic hydroxyl groups is 2. The van der Waals surface area contributed by atoms with Crippen molar-refractivity contribution < 1.29 is 46.1 Å². The molecule has 4 aromatic rings. The number of nitrogens with zero attached hydrogens (tertiary/aromatic N) is 2. The first-order valence-electron chi connectivity index (χ1n) is 14.1. The first-order valence-corrected chi connectivity index (χ1v) is 14.1. The number of alkyl halides is 6. The molecule has 244 valence electrons. The van der Waals surface area contributed by atoms with Crippen LogP contribution in [-0.2, 0) is 27.5 Å². The van der Waals surface area contributed by atoms with Crippen LogP contribution in [0.15, 0.2) is 104 Å². The van der Waals surface area contributed by atoms with Gasteiger partial charge in [-0.15, -0.1) is 0 Å². The summed E-state index contributed by atoms with van der Waals surface area (Å²) >= 11 is 0. The zero-order valence-corrected chi connectivity index (χ0v) is 24.7. The lowest BCUT2D eigenvalue weighted by atomic mass is 9.83. The van der Waals surface area contributed by atoms with E-state index < -0.39 is 35.0 Å². The number of hydrogen-bond donors (Lipinski definition) is 2. The van der Waals surface area contributed by atoms with Crippen LogP contribution in [0.5, 0.6) is 0 Å². The number of hydrogen-bond acceptors (Lipinski definition) is 6. The molecule has 0 saturated heterocycles. The lowest BCUT2D eigenvalue weighted by molar-refractivity contribution is -0.141. The molecule has 0 radical (unpaired) electrons. The average molecular weight is 647 g/mol. The molecule has 1 atom stereocenters. The highest BCUT2D eigenvalue weighted by Gasteiger charge is 2.36. The third-order valence-electron chi connectivity index (χ3n) is 6.75. The van der Waals surface area contributed by atoms with Crippen molar-refractivity contribution in [3.05, 3.63) is 137 Å². The second-order valence-electron chi connectivity index (χ2n) is 10.1. The summed E-state index contributed by atoms with van der Waals surface area (Å²) in [5.74, 6) is -0.398. The normalized spacial score (nSPS) is 13.3. The molecule has 2 aromatic heterocycles. The molecular weight excluding hydrogens is 614 g/mol.